The van der Waals surface area contributed by atoms with Gasteiger partial charge in [0.05, 0.1) is 6.61 Å². The molecule has 22 heavy (non-hydrogen) atoms. The van der Waals surface area contributed by atoms with E-state index in [4.69, 9.17) is 4.74 Å². The van der Waals surface area contributed by atoms with E-state index < -0.39 is 46.3 Å². The zero-order chi connectivity index (χ0) is 16.7. The Bertz CT molecular complexity index is 699. The van der Waals surface area contributed by atoms with E-state index in [-0.39, 0.29) is 9.87 Å². The molecule has 1 unspecified atom stereocenters. The van der Waals surface area contributed by atoms with Gasteiger partial charge in [0, 0.05) is 5.56 Å². The highest BCUT2D eigenvalue weighted by atomic mass is 32.2. The fraction of sp³-hybridized carbons (Fsp3) is 0.462. The third-order valence-corrected chi connectivity index (χ3v) is 4.11. The second kappa shape index (κ2) is 5.47. The van der Waals surface area contributed by atoms with Crippen LogP contribution in [-0.4, -0.2) is 31.0 Å². The highest BCUT2D eigenvalue weighted by molar-refractivity contribution is 7.85. The maximum Gasteiger partial charge on any atom is 0.426 e. The normalized spacial score (nSPS) is 21.0. The van der Waals surface area contributed by atoms with Crippen LogP contribution in [0.3, 0.4) is 0 Å². The summed E-state index contributed by atoms with van der Waals surface area (Å²) in [5, 5.41) is 0. The summed E-state index contributed by atoms with van der Waals surface area (Å²) in [6, 6.07) is 1.24. The number of carbonyl (C=O) groups is 1. The average Bonchev–Trinajstić information content (AvgIpc) is 2.66. The van der Waals surface area contributed by atoms with Crippen molar-refractivity contribution in [1.29, 1.82) is 0 Å². The molecule has 9 heteroatoms. The number of hydrogen-bond acceptors (Lipinski definition) is 5. The molecule has 0 N–H and O–H groups in total. The maximum absolute atomic E-state index is 13.9. The Morgan fingerprint density at radius 1 is 1.36 bits per heavy atom. The average molecular weight is 335 g/mol. The summed E-state index contributed by atoms with van der Waals surface area (Å²) in [4.78, 5) is 12.1. The number of amides is 1. The minimum atomic E-state index is -4.42. The first-order valence-corrected chi connectivity index (χ1v) is 7.74. The van der Waals surface area contributed by atoms with Crippen LogP contribution >= 0.6 is 0 Å². The molecule has 1 atom stereocenters. The van der Waals surface area contributed by atoms with Crippen molar-refractivity contribution >= 4 is 16.4 Å². The first-order chi connectivity index (χ1) is 10.0. The summed E-state index contributed by atoms with van der Waals surface area (Å²) in [7, 11) is -4.42. The van der Waals surface area contributed by atoms with Gasteiger partial charge in [0.2, 0.25) is 0 Å². The molecule has 2 rings (SSSR count). The zero-order valence-corrected chi connectivity index (χ0v) is 13.0. The molecule has 1 aliphatic rings. The summed E-state index contributed by atoms with van der Waals surface area (Å²) < 4.78 is 60.7. The first-order valence-electron chi connectivity index (χ1n) is 6.38. The van der Waals surface area contributed by atoms with E-state index in [0.29, 0.717) is 0 Å². The van der Waals surface area contributed by atoms with E-state index in [1.165, 1.54) is 0 Å². The Labute approximate surface area is 126 Å². The number of benzene rings is 1. The second-order valence-corrected chi connectivity index (χ2v) is 7.18. The van der Waals surface area contributed by atoms with E-state index in [2.05, 4.69) is 4.18 Å². The summed E-state index contributed by atoms with van der Waals surface area (Å²) >= 11 is 0. The van der Waals surface area contributed by atoms with Crippen molar-refractivity contribution < 1.29 is 30.9 Å². The molecule has 1 amide bonds. The lowest BCUT2D eigenvalue weighted by atomic mass is 10.1. The molecule has 0 aliphatic carbocycles. The highest BCUT2D eigenvalue weighted by Crippen LogP contribution is 2.34. The van der Waals surface area contributed by atoms with Gasteiger partial charge < -0.3 is 4.74 Å². The highest BCUT2D eigenvalue weighted by Gasteiger charge is 2.46. The number of halogens is 2. The van der Waals surface area contributed by atoms with Crippen LogP contribution < -0.4 is 0 Å². The molecule has 0 aromatic heterocycles. The fourth-order valence-corrected chi connectivity index (χ4v) is 3.06. The van der Waals surface area contributed by atoms with E-state index >= 15 is 0 Å². The van der Waals surface area contributed by atoms with Crippen molar-refractivity contribution in [1.82, 2.24) is 4.31 Å². The molecule has 1 aromatic carbocycles. The second-order valence-electron chi connectivity index (χ2n) is 5.70. The van der Waals surface area contributed by atoms with E-state index in [9.17, 15) is 22.0 Å². The van der Waals surface area contributed by atoms with Crippen LogP contribution in [0, 0.1) is 11.6 Å². The van der Waals surface area contributed by atoms with Crippen molar-refractivity contribution in [3.8, 4) is 0 Å². The molecular weight excluding hydrogens is 320 g/mol. The molecule has 1 aromatic rings. The number of ether oxygens (including phenoxy) is 1. The van der Waals surface area contributed by atoms with Crippen molar-refractivity contribution in [2.45, 2.75) is 32.4 Å². The largest absolute Gasteiger partial charge is 0.443 e. The topological polar surface area (TPSA) is 72.9 Å². The third kappa shape index (κ3) is 3.36. The summed E-state index contributed by atoms with van der Waals surface area (Å²) in [5.74, 6) is -1.61. The first kappa shape index (κ1) is 16.6. The number of nitrogens with zero attached hydrogens (tertiary/aromatic N) is 1. The van der Waals surface area contributed by atoms with Crippen molar-refractivity contribution in [2.24, 2.45) is 0 Å². The molecule has 0 saturated carbocycles. The Balaban J connectivity index is 2.43. The molecule has 1 saturated heterocycles. The van der Waals surface area contributed by atoms with Crippen LogP contribution in [0.25, 0.3) is 0 Å². The van der Waals surface area contributed by atoms with Crippen LogP contribution in [0.4, 0.5) is 13.6 Å². The lowest BCUT2D eigenvalue weighted by Gasteiger charge is -2.26. The van der Waals surface area contributed by atoms with Gasteiger partial charge in [-0.05, 0) is 39.0 Å². The van der Waals surface area contributed by atoms with Crippen LogP contribution in [0.1, 0.15) is 32.4 Å². The summed E-state index contributed by atoms with van der Waals surface area (Å²) in [6.07, 6.45) is -1.21. The lowest BCUT2D eigenvalue weighted by molar-refractivity contribution is 0.0354. The van der Waals surface area contributed by atoms with Crippen LogP contribution in [-0.2, 0) is 19.2 Å². The smallest absolute Gasteiger partial charge is 0.426 e. The molecule has 1 fully saturated rings. The van der Waals surface area contributed by atoms with Gasteiger partial charge in [-0.15, -0.1) is 0 Å². The monoisotopic (exact) mass is 335 g/mol. The minimum absolute atomic E-state index is 0.288. The Hall–Kier alpha value is -1.74. The molecule has 1 heterocycles. The van der Waals surface area contributed by atoms with E-state index in [1.54, 1.807) is 20.8 Å². The SMILES string of the molecule is CC(C)(C)OC(=O)N1C(c2cc(F)ccc2F)COS1(=O)=O. The quantitative estimate of drug-likeness (QED) is 0.788. The van der Waals surface area contributed by atoms with E-state index in [1.807, 2.05) is 0 Å². The van der Waals surface area contributed by atoms with Gasteiger partial charge in [-0.1, -0.05) is 0 Å². The van der Waals surface area contributed by atoms with Crippen LogP contribution in [0.5, 0.6) is 0 Å². The number of hydrogen-bond donors (Lipinski definition) is 0. The van der Waals surface area contributed by atoms with E-state index in [0.717, 1.165) is 18.2 Å². The summed E-state index contributed by atoms with van der Waals surface area (Å²) in [6.45, 7) is 4.13. The Kier molecular flexibility index (Phi) is 4.14. The molecule has 1 aliphatic heterocycles. The Morgan fingerprint density at radius 2 is 2.00 bits per heavy atom. The molecule has 122 valence electrons. The standard InChI is InChI=1S/C13H15F2NO5S/c1-13(2,3)21-12(17)16-11(7-20-22(16,18)19)9-6-8(14)4-5-10(9)15/h4-6,11H,7H2,1-3H3. The van der Waals surface area contributed by atoms with Gasteiger partial charge in [-0.3, -0.25) is 4.18 Å². The Morgan fingerprint density at radius 3 is 2.59 bits per heavy atom. The van der Waals surface area contributed by atoms with Gasteiger partial charge in [0.1, 0.15) is 23.3 Å². The molecule has 0 spiro atoms. The number of carbonyl (C=O) groups excluding carboxylic acids is 1. The number of rotatable bonds is 1. The van der Waals surface area contributed by atoms with Crippen molar-refractivity contribution in [3.05, 3.63) is 35.4 Å². The van der Waals surface area contributed by atoms with Crippen LogP contribution in [0.2, 0.25) is 0 Å². The predicted octanol–water partition coefficient (Wildman–Crippen LogP) is 2.52. The van der Waals surface area contributed by atoms with Gasteiger partial charge >= 0.3 is 16.4 Å². The third-order valence-electron chi connectivity index (χ3n) is 2.79. The van der Waals surface area contributed by atoms with Crippen LogP contribution in [0.15, 0.2) is 18.2 Å². The van der Waals surface area contributed by atoms with Gasteiger partial charge in [-0.25, -0.2) is 13.6 Å². The van der Waals surface area contributed by atoms with Gasteiger partial charge in [-0.2, -0.15) is 12.7 Å². The molecule has 6 nitrogen and oxygen atoms in total. The fourth-order valence-electron chi connectivity index (χ4n) is 1.94. The van der Waals surface area contributed by atoms with Gasteiger partial charge in [0.15, 0.2) is 0 Å². The molecule has 0 radical (unpaired) electrons. The molecular formula is C13H15F2NO5S. The van der Waals surface area contributed by atoms with Crippen molar-refractivity contribution in [2.75, 3.05) is 6.61 Å². The predicted molar refractivity (Wildman–Crippen MR) is 72.0 cm³/mol. The minimum Gasteiger partial charge on any atom is -0.443 e. The lowest BCUT2D eigenvalue weighted by Crippen LogP contribution is -2.39. The van der Waals surface area contributed by atoms with Gasteiger partial charge in [0.25, 0.3) is 0 Å². The zero-order valence-electron chi connectivity index (χ0n) is 12.2. The van der Waals surface area contributed by atoms with Crippen molar-refractivity contribution in [3.63, 3.8) is 0 Å². The summed E-state index contributed by atoms with van der Waals surface area (Å²) in [5.41, 5.74) is -1.26. The molecule has 0 bridgehead atoms. The maximum atomic E-state index is 13.9.